The van der Waals surface area contributed by atoms with Gasteiger partial charge in [-0.2, -0.15) is 0 Å². The molecule has 0 unspecified atom stereocenters. The molecule has 0 radical (unpaired) electrons. The minimum absolute atomic E-state index is 0.234. The van der Waals surface area contributed by atoms with Crippen LogP contribution >= 0.6 is 11.6 Å². The highest BCUT2D eigenvalue weighted by Gasteiger charge is 2.39. The Morgan fingerprint density at radius 3 is 2.62 bits per heavy atom. The summed E-state index contributed by atoms with van der Waals surface area (Å²) in [7, 11) is 2.90. The van der Waals surface area contributed by atoms with E-state index in [9.17, 15) is 9.59 Å². The second kappa shape index (κ2) is 7.29. The van der Waals surface area contributed by atoms with Crippen LogP contribution in [0.4, 0.5) is 5.69 Å². The first-order valence-electron chi connectivity index (χ1n) is 9.00. The third kappa shape index (κ3) is 3.06. The van der Waals surface area contributed by atoms with E-state index in [0.717, 1.165) is 5.56 Å². The van der Waals surface area contributed by atoms with Gasteiger partial charge in [-0.05, 0) is 42.8 Å². The summed E-state index contributed by atoms with van der Waals surface area (Å²) in [6.07, 6.45) is 0. The van der Waals surface area contributed by atoms with Crippen molar-refractivity contribution in [2.24, 2.45) is 0 Å². The number of halogens is 1. The summed E-state index contributed by atoms with van der Waals surface area (Å²) in [5, 5.41) is 3.39. The van der Waals surface area contributed by atoms with Gasteiger partial charge in [-0.15, -0.1) is 0 Å². The SMILES string of the molecule is COC(=O)c1c(C)[nH]c(-c2ccccc2OC)c1[C@H]1C(=O)Nc2ccc(Cl)cc21. The minimum Gasteiger partial charge on any atom is -0.496 e. The molecule has 148 valence electrons. The smallest absolute Gasteiger partial charge is 0.340 e. The standard InChI is InChI=1S/C22H19ClN2O4/c1-11-17(22(27)29-3)19(20(24-11)13-6-4-5-7-16(13)28-2)18-14-10-12(23)8-9-15(14)25-21(18)26/h4-10,18,24H,1-3H3,(H,25,26)/t18-/m0/s1. The highest BCUT2D eigenvalue weighted by molar-refractivity contribution is 6.31. The molecule has 0 spiro atoms. The van der Waals surface area contributed by atoms with Crippen LogP contribution in [0.2, 0.25) is 5.02 Å². The maximum absolute atomic E-state index is 13.0. The molecule has 0 bridgehead atoms. The van der Waals surface area contributed by atoms with Crippen molar-refractivity contribution in [1.29, 1.82) is 0 Å². The zero-order valence-electron chi connectivity index (χ0n) is 16.1. The van der Waals surface area contributed by atoms with Crippen LogP contribution in [0.5, 0.6) is 5.75 Å². The van der Waals surface area contributed by atoms with E-state index < -0.39 is 11.9 Å². The molecule has 1 aliphatic heterocycles. The number of fused-ring (bicyclic) bond motifs is 1. The third-order valence-corrected chi connectivity index (χ3v) is 5.36. The largest absolute Gasteiger partial charge is 0.496 e. The van der Waals surface area contributed by atoms with E-state index in [0.29, 0.717) is 44.5 Å². The number of carbonyl (C=O) groups excluding carboxylic acids is 2. The van der Waals surface area contributed by atoms with E-state index in [1.54, 1.807) is 32.2 Å². The van der Waals surface area contributed by atoms with Crippen molar-refractivity contribution in [1.82, 2.24) is 4.98 Å². The molecule has 1 amide bonds. The molecule has 0 fully saturated rings. The van der Waals surface area contributed by atoms with Crippen LogP contribution in [0.1, 0.15) is 33.1 Å². The maximum atomic E-state index is 13.0. The van der Waals surface area contributed by atoms with Crippen LogP contribution in [-0.4, -0.2) is 31.1 Å². The molecule has 6 nitrogen and oxygen atoms in total. The van der Waals surface area contributed by atoms with Gasteiger partial charge in [0.05, 0.1) is 31.4 Å². The number of aromatic nitrogens is 1. The van der Waals surface area contributed by atoms with Crippen LogP contribution in [-0.2, 0) is 9.53 Å². The van der Waals surface area contributed by atoms with Crippen LogP contribution in [0.25, 0.3) is 11.3 Å². The van der Waals surface area contributed by atoms with Crippen LogP contribution in [0, 0.1) is 6.92 Å². The minimum atomic E-state index is -0.720. The van der Waals surface area contributed by atoms with Gasteiger partial charge in [-0.1, -0.05) is 23.7 Å². The van der Waals surface area contributed by atoms with Gasteiger partial charge in [0, 0.05) is 27.5 Å². The number of nitrogens with one attached hydrogen (secondary N) is 2. The molecular formula is C22H19ClN2O4. The normalized spacial score (nSPS) is 15.0. The average Bonchev–Trinajstić information content (AvgIpc) is 3.22. The van der Waals surface area contributed by atoms with Crippen molar-refractivity contribution in [2.75, 3.05) is 19.5 Å². The lowest BCUT2D eigenvalue weighted by molar-refractivity contribution is -0.116. The number of ether oxygens (including phenoxy) is 2. The number of hydrogen-bond acceptors (Lipinski definition) is 4. The highest BCUT2D eigenvalue weighted by atomic mass is 35.5. The zero-order valence-corrected chi connectivity index (χ0v) is 16.9. The fourth-order valence-corrected chi connectivity index (χ4v) is 4.06. The van der Waals surface area contributed by atoms with Gasteiger partial charge in [0.1, 0.15) is 5.75 Å². The number of amides is 1. The lowest BCUT2D eigenvalue weighted by atomic mass is 9.87. The molecule has 2 heterocycles. The molecule has 7 heteroatoms. The number of methoxy groups -OCH3 is 2. The first-order valence-corrected chi connectivity index (χ1v) is 9.38. The molecule has 1 aromatic heterocycles. The monoisotopic (exact) mass is 410 g/mol. The van der Waals surface area contributed by atoms with Gasteiger partial charge in [0.25, 0.3) is 0 Å². The number of rotatable bonds is 4. The van der Waals surface area contributed by atoms with Crippen molar-refractivity contribution in [2.45, 2.75) is 12.8 Å². The number of H-pyrrole nitrogens is 1. The van der Waals surface area contributed by atoms with Crippen LogP contribution < -0.4 is 10.1 Å². The number of esters is 1. The predicted octanol–water partition coefficient (Wildman–Crippen LogP) is 4.52. The number of aryl methyl sites for hydroxylation is 1. The Bertz CT molecular complexity index is 1140. The summed E-state index contributed by atoms with van der Waals surface area (Å²) in [5.74, 6) is -0.848. The number of carbonyl (C=O) groups is 2. The highest BCUT2D eigenvalue weighted by Crippen LogP contribution is 2.45. The molecule has 0 saturated heterocycles. The van der Waals surface area contributed by atoms with E-state index in [4.69, 9.17) is 21.1 Å². The van der Waals surface area contributed by atoms with Gasteiger partial charge in [-0.3, -0.25) is 4.79 Å². The summed E-state index contributed by atoms with van der Waals surface area (Å²) in [6.45, 7) is 1.78. The molecule has 1 aliphatic rings. The van der Waals surface area contributed by atoms with Crippen molar-refractivity contribution in [3.63, 3.8) is 0 Å². The third-order valence-electron chi connectivity index (χ3n) is 5.13. The second-order valence-corrected chi connectivity index (χ2v) is 7.20. The van der Waals surface area contributed by atoms with Gasteiger partial charge >= 0.3 is 5.97 Å². The number of hydrogen-bond donors (Lipinski definition) is 2. The van der Waals surface area contributed by atoms with Gasteiger partial charge < -0.3 is 19.8 Å². The molecule has 2 N–H and O–H groups in total. The Morgan fingerprint density at radius 1 is 1.14 bits per heavy atom. The lowest BCUT2D eigenvalue weighted by Crippen LogP contribution is -2.17. The summed E-state index contributed by atoms with van der Waals surface area (Å²) in [4.78, 5) is 28.9. The Morgan fingerprint density at radius 2 is 1.90 bits per heavy atom. The number of benzene rings is 2. The zero-order chi connectivity index (χ0) is 20.7. The summed E-state index contributed by atoms with van der Waals surface area (Å²) in [6, 6.07) is 12.6. The number of aromatic amines is 1. The fraction of sp³-hybridized carbons (Fsp3) is 0.182. The van der Waals surface area contributed by atoms with Crippen molar-refractivity contribution in [3.05, 3.63) is 69.9 Å². The average molecular weight is 411 g/mol. The molecule has 0 aliphatic carbocycles. The Kier molecular flexibility index (Phi) is 4.80. The summed E-state index contributed by atoms with van der Waals surface area (Å²) >= 11 is 6.20. The van der Waals surface area contributed by atoms with Crippen LogP contribution in [0.3, 0.4) is 0 Å². The second-order valence-electron chi connectivity index (χ2n) is 6.76. The topological polar surface area (TPSA) is 80.4 Å². The molecule has 29 heavy (non-hydrogen) atoms. The van der Waals surface area contributed by atoms with Crippen LogP contribution in [0.15, 0.2) is 42.5 Å². The summed E-state index contributed by atoms with van der Waals surface area (Å²) in [5.41, 5.74) is 4.24. The molecule has 3 aromatic rings. The van der Waals surface area contributed by atoms with E-state index in [1.807, 2.05) is 24.3 Å². The van der Waals surface area contributed by atoms with E-state index in [2.05, 4.69) is 10.3 Å². The van der Waals surface area contributed by atoms with Crippen molar-refractivity contribution in [3.8, 4) is 17.0 Å². The molecule has 1 atom stereocenters. The Hall–Kier alpha value is -3.25. The first kappa shape index (κ1) is 19.1. The number of para-hydroxylation sites is 1. The Labute approximate surface area is 172 Å². The summed E-state index contributed by atoms with van der Waals surface area (Å²) < 4.78 is 10.5. The van der Waals surface area contributed by atoms with E-state index in [1.165, 1.54) is 7.11 Å². The van der Waals surface area contributed by atoms with Gasteiger partial charge in [0.2, 0.25) is 5.91 Å². The van der Waals surface area contributed by atoms with Gasteiger partial charge in [-0.25, -0.2) is 4.79 Å². The quantitative estimate of drug-likeness (QED) is 0.619. The molecule has 2 aromatic carbocycles. The van der Waals surface area contributed by atoms with E-state index >= 15 is 0 Å². The maximum Gasteiger partial charge on any atom is 0.340 e. The van der Waals surface area contributed by atoms with Crippen molar-refractivity contribution >= 4 is 29.2 Å². The van der Waals surface area contributed by atoms with E-state index in [-0.39, 0.29) is 5.91 Å². The lowest BCUT2D eigenvalue weighted by Gasteiger charge is -2.15. The molecule has 4 rings (SSSR count). The van der Waals surface area contributed by atoms with Gasteiger partial charge in [0.15, 0.2) is 0 Å². The number of anilines is 1. The fourth-order valence-electron chi connectivity index (χ4n) is 3.88. The van der Waals surface area contributed by atoms with Crippen molar-refractivity contribution < 1.29 is 19.1 Å². The molecular weight excluding hydrogens is 392 g/mol. The predicted molar refractivity (Wildman–Crippen MR) is 111 cm³/mol. The Balaban J connectivity index is 2.04. The first-order chi connectivity index (χ1) is 14.0. The molecule has 0 saturated carbocycles.